The van der Waals surface area contributed by atoms with Crippen molar-refractivity contribution in [3.05, 3.63) is 90.0 Å². The minimum atomic E-state index is -5.78. The Kier molecular flexibility index (Phi) is 10.3. The van der Waals surface area contributed by atoms with Gasteiger partial charge in [-0.25, -0.2) is 8.42 Å². The molecule has 0 heterocycles. The molecule has 14 heteroatoms. The van der Waals surface area contributed by atoms with Gasteiger partial charge in [-0.05, 0) is 42.7 Å². The zero-order valence-corrected chi connectivity index (χ0v) is 24.4. The number of amides is 1. The maximum absolute atomic E-state index is 14.1. The van der Waals surface area contributed by atoms with Gasteiger partial charge in [0.05, 0.1) is 11.4 Å². The molecule has 0 fully saturated rings. The van der Waals surface area contributed by atoms with Gasteiger partial charge in [-0.2, -0.15) is 18.6 Å². The molecule has 0 aliphatic rings. The van der Waals surface area contributed by atoms with E-state index >= 15 is 0 Å². The van der Waals surface area contributed by atoms with Crippen LogP contribution in [0.15, 0.2) is 83.8 Å². The lowest BCUT2D eigenvalue weighted by atomic mass is 10.0. The molecular formula is C27H32F2N3O7PS. The Morgan fingerprint density at radius 3 is 2.22 bits per heavy atom. The summed E-state index contributed by atoms with van der Waals surface area (Å²) in [6.07, 6.45) is 0.206. The molecule has 0 radical (unpaired) electrons. The maximum atomic E-state index is 14.1. The summed E-state index contributed by atoms with van der Waals surface area (Å²) in [4.78, 5) is 39.4. The molecule has 0 bridgehead atoms. The van der Waals surface area contributed by atoms with Gasteiger partial charge in [0.15, 0.2) is 5.75 Å². The van der Waals surface area contributed by atoms with Gasteiger partial charge < -0.3 is 19.5 Å². The lowest BCUT2D eigenvalue weighted by Gasteiger charge is -2.27. The SMILES string of the molecule is CCCN(Oc1cccc(N(C)C)c1)C(=O)C(Cc1ccc(C(F)(F)P(=O)(O)O)cc1)NS(=O)(=O)c1ccccc1. The fraction of sp³-hybridized carbons (Fsp3) is 0.296. The summed E-state index contributed by atoms with van der Waals surface area (Å²) in [6, 6.07) is 16.9. The molecule has 0 aliphatic carbocycles. The van der Waals surface area contributed by atoms with Crippen molar-refractivity contribution in [2.75, 3.05) is 25.5 Å². The van der Waals surface area contributed by atoms with Crippen LogP contribution in [0.1, 0.15) is 24.5 Å². The molecule has 0 aliphatic heterocycles. The lowest BCUT2D eigenvalue weighted by molar-refractivity contribution is -0.159. The molecule has 3 aromatic carbocycles. The van der Waals surface area contributed by atoms with Gasteiger partial charge in [0.1, 0.15) is 6.04 Å². The van der Waals surface area contributed by atoms with Crippen LogP contribution in [0.4, 0.5) is 14.5 Å². The Morgan fingerprint density at radius 2 is 1.66 bits per heavy atom. The summed E-state index contributed by atoms with van der Waals surface area (Å²) in [5.74, 6) is -0.391. The average molecular weight is 612 g/mol. The Labute approximate surface area is 237 Å². The van der Waals surface area contributed by atoms with Crippen LogP contribution in [0.2, 0.25) is 0 Å². The fourth-order valence-corrected chi connectivity index (χ4v) is 5.50. The van der Waals surface area contributed by atoms with Gasteiger partial charge >= 0.3 is 13.3 Å². The van der Waals surface area contributed by atoms with Crippen molar-refractivity contribution < 1.29 is 41.2 Å². The minimum Gasteiger partial charge on any atom is -0.378 e. The third kappa shape index (κ3) is 8.11. The summed E-state index contributed by atoms with van der Waals surface area (Å²) in [6.45, 7) is 1.92. The number of hydrogen-bond donors (Lipinski definition) is 3. The first-order chi connectivity index (χ1) is 19.2. The number of nitrogens with one attached hydrogen (secondary N) is 1. The van der Waals surface area contributed by atoms with Crippen LogP contribution in [0.3, 0.4) is 0 Å². The predicted molar refractivity (Wildman–Crippen MR) is 150 cm³/mol. The zero-order valence-electron chi connectivity index (χ0n) is 22.6. The highest BCUT2D eigenvalue weighted by Crippen LogP contribution is 2.59. The first-order valence-electron chi connectivity index (χ1n) is 12.5. The van der Waals surface area contributed by atoms with Gasteiger partial charge in [0, 0.05) is 31.4 Å². The number of hydroxylamine groups is 2. The number of halogens is 2. The number of nitrogens with zero attached hydrogens (tertiary/aromatic N) is 2. The molecule has 1 unspecified atom stereocenters. The molecule has 0 saturated carbocycles. The number of sulfonamides is 1. The number of carbonyl (C=O) groups excluding carboxylic acids is 1. The molecule has 0 aromatic heterocycles. The Balaban J connectivity index is 1.96. The molecule has 1 atom stereocenters. The van der Waals surface area contributed by atoms with Crippen molar-refractivity contribution in [3.63, 3.8) is 0 Å². The number of alkyl halides is 2. The number of hydrogen-bond acceptors (Lipinski definition) is 6. The van der Waals surface area contributed by atoms with E-state index < -0.39 is 40.8 Å². The van der Waals surface area contributed by atoms with Crippen molar-refractivity contribution in [2.24, 2.45) is 0 Å². The van der Waals surface area contributed by atoms with Crippen molar-refractivity contribution in [1.29, 1.82) is 0 Å². The van der Waals surface area contributed by atoms with Crippen LogP contribution in [-0.4, -0.2) is 55.9 Å². The molecule has 10 nitrogen and oxygen atoms in total. The topological polar surface area (TPSA) is 136 Å². The first-order valence-corrected chi connectivity index (χ1v) is 15.6. The highest BCUT2D eigenvalue weighted by atomic mass is 32.2. The second-order valence-corrected chi connectivity index (χ2v) is 12.8. The maximum Gasteiger partial charge on any atom is 0.399 e. The molecule has 3 aromatic rings. The summed E-state index contributed by atoms with van der Waals surface area (Å²) < 4.78 is 68.3. The van der Waals surface area contributed by atoms with Crippen molar-refractivity contribution in [3.8, 4) is 5.75 Å². The van der Waals surface area contributed by atoms with Crippen molar-refractivity contribution in [2.45, 2.75) is 36.4 Å². The lowest BCUT2D eigenvalue weighted by Crippen LogP contribution is -2.51. The van der Waals surface area contributed by atoms with Crippen molar-refractivity contribution >= 4 is 29.2 Å². The van der Waals surface area contributed by atoms with Crippen LogP contribution in [0.25, 0.3) is 0 Å². The Hall–Kier alpha value is -3.35. The largest absolute Gasteiger partial charge is 0.399 e. The summed E-state index contributed by atoms with van der Waals surface area (Å²) >= 11 is 0. The van der Waals surface area contributed by atoms with E-state index in [4.69, 9.17) is 14.6 Å². The van der Waals surface area contributed by atoms with E-state index in [2.05, 4.69) is 4.72 Å². The monoisotopic (exact) mass is 611 g/mol. The third-order valence-corrected chi connectivity index (χ3v) is 8.46. The Bertz CT molecular complexity index is 1480. The molecule has 222 valence electrons. The van der Waals surface area contributed by atoms with E-state index in [0.29, 0.717) is 12.2 Å². The highest BCUT2D eigenvalue weighted by Gasteiger charge is 2.50. The van der Waals surface area contributed by atoms with E-state index in [0.717, 1.165) is 35.0 Å². The fourth-order valence-electron chi connectivity index (χ4n) is 3.80. The molecule has 41 heavy (non-hydrogen) atoms. The molecule has 0 saturated heterocycles. The van der Waals surface area contributed by atoms with E-state index in [9.17, 15) is 26.6 Å². The molecule has 0 spiro atoms. The summed E-state index contributed by atoms with van der Waals surface area (Å²) in [5, 5.41) is 1.04. The summed E-state index contributed by atoms with van der Waals surface area (Å²) in [7, 11) is -6.30. The second-order valence-electron chi connectivity index (χ2n) is 9.40. The smallest absolute Gasteiger partial charge is 0.378 e. The van der Waals surface area contributed by atoms with E-state index in [1.807, 2.05) is 32.0 Å². The second kappa shape index (κ2) is 13.1. The molecule has 3 N–H and O–H groups in total. The van der Waals surface area contributed by atoms with Crippen LogP contribution in [0.5, 0.6) is 5.75 Å². The standard InChI is InChI=1S/C27H32F2N3O7PS/c1-4-17-32(39-23-10-8-9-22(19-23)31(2)3)26(33)25(30-41(37,38)24-11-6-5-7-12-24)18-20-13-15-21(16-14-20)27(28,29)40(34,35)36/h5-16,19,25,30H,4,17-18H2,1-3H3,(H2,34,35,36). The normalized spacial score (nSPS) is 13.0. The van der Waals surface area contributed by atoms with Gasteiger partial charge in [-0.3, -0.25) is 9.36 Å². The molecular weight excluding hydrogens is 579 g/mol. The predicted octanol–water partition coefficient (Wildman–Crippen LogP) is 4.10. The number of benzene rings is 3. The van der Waals surface area contributed by atoms with Crippen LogP contribution >= 0.6 is 7.60 Å². The van der Waals surface area contributed by atoms with Crippen LogP contribution in [-0.2, 0) is 31.5 Å². The zero-order chi connectivity index (χ0) is 30.4. The van der Waals surface area contributed by atoms with Gasteiger partial charge in [0.25, 0.3) is 5.91 Å². The van der Waals surface area contributed by atoms with Gasteiger partial charge in [-0.1, -0.05) is 55.5 Å². The molecule has 3 rings (SSSR count). The van der Waals surface area contributed by atoms with Gasteiger partial charge in [-0.15, -0.1) is 0 Å². The summed E-state index contributed by atoms with van der Waals surface area (Å²) in [5.41, 5.74) is -4.27. The third-order valence-electron chi connectivity index (χ3n) is 5.98. The number of carbonyl (C=O) groups is 1. The quantitative estimate of drug-likeness (QED) is 0.194. The van der Waals surface area contributed by atoms with Gasteiger partial charge in [0.2, 0.25) is 10.0 Å². The average Bonchev–Trinajstić information content (AvgIpc) is 2.92. The van der Waals surface area contributed by atoms with Crippen molar-refractivity contribution in [1.82, 2.24) is 9.79 Å². The highest BCUT2D eigenvalue weighted by molar-refractivity contribution is 7.89. The van der Waals surface area contributed by atoms with E-state index in [-0.39, 0.29) is 23.4 Å². The first kappa shape index (κ1) is 32.2. The van der Waals surface area contributed by atoms with E-state index in [1.165, 1.54) is 24.3 Å². The van der Waals surface area contributed by atoms with E-state index in [1.54, 1.807) is 24.3 Å². The van der Waals surface area contributed by atoms with Crippen LogP contribution < -0.4 is 14.5 Å². The number of anilines is 1. The minimum absolute atomic E-state index is 0.0870. The number of rotatable bonds is 13. The molecule has 1 amide bonds. The Morgan fingerprint density at radius 1 is 1.02 bits per heavy atom. The van der Waals surface area contributed by atoms with Crippen LogP contribution in [0, 0.1) is 0 Å².